The Morgan fingerprint density at radius 1 is 1.60 bits per heavy atom. The molecule has 2 heterocycles. The highest BCUT2D eigenvalue weighted by Gasteiger charge is 1.96. The summed E-state index contributed by atoms with van der Waals surface area (Å²) in [6.07, 6.45) is 3.29. The molecule has 0 bridgehead atoms. The van der Waals surface area contributed by atoms with Crippen LogP contribution >= 0.6 is 15.9 Å². The predicted octanol–water partition coefficient (Wildman–Crippen LogP) is 2.39. The Labute approximate surface area is 66.0 Å². The predicted molar refractivity (Wildman–Crippen MR) is 40.5 cm³/mol. The largest absolute Gasteiger partial charge is 0.462 e. The first-order chi connectivity index (χ1) is 4.86. The van der Waals surface area contributed by atoms with Gasteiger partial charge in [-0.15, -0.1) is 0 Å². The number of fused-ring (bicyclic) bond motifs is 1. The van der Waals surface area contributed by atoms with Gasteiger partial charge in [-0.2, -0.15) is 0 Å². The van der Waals surface area contributed by atoms with E-state index in [9.17, 15) is 0 Å². The number of hydrogen-bond acceptors (Lipinski definition) is 2. The van der Waals surface area contributed by atoms with Crippen molar-refractivity contribution in [3.05, 3.63) is 29.1 Å². The van der Waals surface area contributed by atoms with Crippen molar-refractivity contribution in [2.45, 2.75) is 0 Å². The van der Waals surface area contributed by atoms with Crippen LogP contribution in [0.15, 0.2) is 27.4 Å². The SMILES string of the molecule is Brc1[c]c2occc2nc1. The van der Waals surface area contributed by atoms with Gasteiger partial charge in [0.1, 0.15) is 5.52 Å². The summed E-state index contributed by atoms with van der Waals surface area (Å²) < 4.78 is 5.87. The minimum atomic E-state index is 0.689. The lowest BCUT2D eigenvalue weighted by molar-refractivity contribution is 0.614. The number of nitrogens with zero attached hydrogens (tertiary/aromatic N) is 1. The molecule has 2 rings (SSSR count). The number of aromatic nitrogens is 1. The summed E-state index contributed by atoms with van der Waals surface area (Å²) in [6, 6.07) is 4.76. The Kier molecular flexibility index (Phi) is 1.24. The maximum atomic E-state index is 5.05. The number of hydrogen-bond donors (Lipinski definition) is 0. The van der Waals surface area contributed by atoms with E-state index in [4.69, 9.17) is 4.42 Å². The van der Waals surface area contributed by atoms with Gasteiger partial charge >= 0.3 is 0 Å². The first-order valence-electron chi connectivity index (χ1n) is 2.77. The van der Waals surface area contributed by atoms with Gasteiger partial charge in [0.25, 0.3) is 0 Å². The fourth-order valence-corrected chi connectivity index (χ4v) is 1.05. The molecule has 49 valence electrons. The van der Waals surface area contributed by atoms with Crippen LogP contribution in [0.5, 0.6) is 0 Å². The Balaban J connectivity index is 2.86. The molecule has 0 spiro atoms. The van der Waals surface area contributed by atoms with Crippen molar-refractivity contribution in [3.8, 4) is 0 Å². The molecule has 0 aliphatic carbocycles. The van der Waals surface area contributed by atoms with Crippen LogP contribution in [0.1, 0.15) is 0 Å². The van der Waals surface area contributed by atoms with Gasteiger partial charge in [0.2, 0.25) is 0 Å². The molecule has 0 saturated heterocycles. The van der Waals surface area contributed by atoms with Crippen molar-refractivity contribution in [1.29, 1.82) is 0 Å². The standard InChI is InChI=1S/C7H3BrNO/c8-5-3-7-6(9-4-5)1-2-10-7/h1-2,4H. The molecule has 0 aliphatic rings. The van der Waals surface area contributed by atoms with Gasteiger partial charge in [-0.1, -0.05) is 0 Å². The van der Waals surface area contributed by atoms with Crippen LogP contribution in [-0.4, -0.2) is 4.98 Å². The zero-order valence-corrected chi connectivity index (χ0v) is 6.55. The van der Waals surface area contributed by atoms with Crippen LogP contribution in [0.3, 0.4) is 0 Å². The topological polar surface area (TPSA) is 26.0 Å². The van der Waals surface area contributed by atoms with Crippen molar-refractivity contribution in [3.63, 3.8) is 0 Å². The molecule has 0 aliphatic heterocycles. The number of pyridine rings is 1. The minimum absolute atomic E-state index is 0.689. The lowest BCUT2D eigenvalue weighted by Crippen LogP contribution is -1.71. The van der Waals surface area contributed by atoms with Crippen LogP contribution in [0.2, 0.25) is 0 Å². The third kappa shape index (κ3) is 0.827. The van der Waals surface area contributed by atoms with Crippen molar-refractivity contribution in [2.75, 3.05) is 0 Å². The summed E-state index contributed by atoms with van der Waals surface area (Å²) in [5, 5.41) is 0. The molecule has 0 N–H and O–H groups in total. The molecule has 0 aromatic carbocycles. The van der Waals surface area contributed by atoms with E-state index in [0.717, 1.165) is 9.99 Å². The van der Waals surface area contributed by atoms with Gasteiger partial charge in [0.15, 0.2) is 5.58 Å². The van der Waals surface area contributed by atoms with E-state index in [1.165, 1.54) is 0 Å². The highest BCUT2D eigenvalue weighted by atomic mass is 79.9. The van der Waals surface area contributed by atoms with Gasteiger partial charge in [0.05, 0.1) is 6.26 Å². The Morgan fingerprint density at radius 2 is 2.50 bits per heavy atom. The summed E-state index contributed by atoms with van der Waals surface area (Å²) >= 11 is 3.24. The second kappa shape index (κ2) is 2.09. The molecule has 2 aromatic rings. The quantitative estimate of drug-likeness (QED) is 0.647. The van der Waals surface area contributed by atoms with Gasteiger partial charge in [-0.05, 0) is 15.9 Å². The van der Waals surface area contributed by atoms with E-state index >= 15 is 0 Å². The molecule has 1 radical (unpaired) electrons. The molecule has 3 heteroatoms. The maximum Gasteiger partial charge on any atom is 0.161 e. The van der Waals surface area contributed by atoms with Crippen LogP contribution < -0.4 is 0 Å². The minimum Gasteiger partial charge on any atom is -0.462 e. The third-order valence-electron chi connectivity index (χ3n) is 1.19. The van der Waals surface area contributed by atoms with E-state index in [1.54, 1.807) is 18.5 Å². The van der Waals surface area contributed by atoms with Crippen LogP contribution in [0.4, 0.5) is 0 Å². The van der Waals surface area contributed by atoms with Gasteiger partial charge in [-0.3, -0.25) is 4.98 Å². The van der Waals surface area contributed by atoms with E-state index < -0.39 is 0 Å². The van der Waals surface area contributed by atoms with Gasteiger partial charge in [0, 0.05) is 22.8 Å². The van der Waals surface area contributed by atoms with Crippen molar-refractivity contribution < 1.29 is 4.42 Å². The molecule has 0 saturated carbocycles. The maximum absolute atomic E-state index is 5.05. The summed E-state index contributed by atoms with van der Waals surface area (Å²) in [6.45, 7) is 0. The van der Waals surface area contributed by atoms with Crippen molar-refractivity contribution in [1.82, 2.24) is 4.98 Å². The average molecular weight is 197 g/mol. The summed E-state index contributed by atoms with van der Waals surface area (Å²) in [5.74, 6) is 0. The highest BCUT2D eigenvalue weighted by Crippen LogP contribution is 2.16. The molecule has 0 unspecified atom stereocenters. The molecule has 10 heavy (non-hydrogen) atoms. The average Bonchev–Trinajstić information content (AvgIpc) is 2.33. The molecule has 0 atom stereocenters. The zero-order valence-electron chi connectivity index (χ0n) is 4.97. The first kappa shape index (κ1) is 5.92. The first-order valence-corrected chi connectivity index (χ1v) is 3.56. The summed E-state index contributed by atoms with van der Waals surface area (Å²) in [7, 11) is 0. The van der Waals surface area contributed by atoms with Gasteiger partial charge < -0.3 is 4.42 Å². The molecule has 0 fully saturated rings. The summed E-state index contributed by atoms with van der Waals surface area (Å²) in [4.78, 5) is 4.07. The van der Waals surface area contributed by atoms with Crippen LogP contribution in [0, 0.1) is 6.07 Å². The smallest absolute Gasteiger partial charge is 0.161 e. The van der Waals surface area contributed by atoms with E-state index in [0.29, 0.717) is 5.58 Å². The molecular formula is C7H3BrNO. The van der Waals surface area contributed by atoms with E-state index in [-0.39, 0.29) is 0 Å². The molecule has 0 amide bonds. The van der Waals surface area contributed by atoms with Crippen molar-refractivity contribution in [2.24, 2.45) is 0 Å². The lowest BCUT2D eigenvalue weighted by atomic mass is 10.4. The molecular weight excluding hydrogens is 194 g/mol. The molecule has 2 nitrogen and oxygen atoms in total. The number of halogens is 1. The fourth-order valence-electron chi connectivity index (χ4n) is 0.765. The Hall–Kier alpha value is -0.830. The molecule has 2 aromatic heterocycles. The Bertz CT molecular complexity index is 355. The van der Waals surface area contributed by atoms with E-state index in [1.807, 2.05) is 0 Å². The van der Waals surface area contributed by atoms with E-state index in [2.05, 4.69) is 27.0 Å². The Morgan fingerprint density at radius 3 is 3.40 bits per heavy atom. The number of rotatable bonds is 0. The third-order valence-corrected chi connectivity index (χ3v) is 1.60. The normalized spacial score (nSPS) is 10.5. The summed E-state index contributed by atoms with van der Waals surface area (Å²) in [5.41, 5.74) is 1.53. The second-order valence-corrected chi connectivity index (χ2v) is 2.72. The zero-order chi connectivity index (χ0) is 6.97. The van der Waals surface area contributed by atoms with Crippen molar-refractivity contribution >= 4 is 27.0 Å². The fraction of sp³-hybridized carbons (Fsp3) is 0. The lowest BCUT2D eigenvalue weighted by Gasteiger charge is -1.85. The second-order valence-electron chi connectivity index (χ2n) is 1.87. The number of furan rings is 1. The monoisotopic (exact) mass is 196 g/mol. The van der Waals surface area contributed by atoms with Crippen LogP contribution in [0.25, 0.3) is 11.1 Å². The van der Waals surface area contributed by atoms with Gasteiger partial charge in [-0.25, -0.2) is 0 Å². The highest BCUT2D eigenvalue weighted by molar-refractivity contribution is 9.10. The van der Waals surface area contributed by atoms with Crippen LogP contribution in [-0.2, 0) is 0 Å².